The lowest BCUT2D eigenvalue weighted by Crippen LogP contribution is -2.37. The molecule has 17 heavy (non-hydrogen) atoms. The molecular weight excluding hydrogens is 224 g/mol. The normalized spacial score (nSPS) is 22.4. The molecule has 1 saturated heterocycles. The summed E-state index contributed by atoms with van der Waals surface area (Å²) in [6.45, 7) is 1.72. The van der Waals surface area contributed by atoms with E-state index in [1.165, 1.54) is 12.1 Å². The van der Waals surface area contributed by atoms with E-state index in [4.69, 9.17) is 0 Å². The molecule has 0 amide bonds. The fourth-order valence-corrected chi connectivity index (χ4v) is 2.31. The molecule has 94 valence electrons. The van der Waals surface area contributed by atoms with Crippen LogP contribution in [0, 0.1) is 17.6 Å². The van der Waals surface area contributed by atoms with Gasteiger partial charge in [0.2, 0.25) is 0 Å². The molecule has 2 rings (SSSR count). The topological polar surface area (TPSA) is 32.3 Å². The number of hydrogen-bond donors (Lipinski definition) is 2. The first-order valence-electron chi connectivity index (χ1n) is 6.00. The fourth-order valence-electron chi connectivity index (χ4n) is 2.31. The Balaban J connectivity index is 2.01. The Bertz CT molecular complexity index is 378. The predicted octanol–water partition coefficient (Wildman–Crippen LogP) is 1.87. The zero-order valence-electron chi connectivity index (χ0n) is 9.63. The van der Waals surface area contributed by atoms with Crippen LogP contribution in [0.2, 0.25) is 0 Å². The minimum atomic E-state index is -0.850. The van der Waals surface area contributed by atoms with Crippen molar-refractivity contribution in [3.8, 4) is 0 Å². The van der Waals surface area contributed by atoms with Crippen LogP contribution >= 0.6 is 0 Å². The van der Waals surface area contributed by atoms with E-state index in [2.05, 4.69) is 5.32 Å². The average molecular weight is 241 g/mol. The van der Waals surface area contributed by atoms with Crippen LogP contribution in [0.1, 0.15) is 18.4 Å². The number of halogens is 2. The van der Waals surface area contributed by atoms with Gasteiger partial charge in [-0.1, -0.05) is 12.1 Å². The lowest BCUT2D eigenvalue weighted by molar-refractivity contribution is 0.0912. The predicted molar refractivity (Wildman–Crippen MR) is 61.7 cm³/mol. The summed E-state index contributed by atoms with van der Waals surface area (Å²) >= 11 is 0. The van der Waals surface area contributed by atoms with Crippen molar-refractivity contribution in [2.45, 2.75) is 25.4 Å². The maximum absolute atomic E-state index is 13.4. The molecule has 2 nitrogen and oxygen atoms in total. The fraction of sp³-hybridized carbons (Fsp3) is 0.538. The Morgan fingerprint density at radius 1 is 1.41 bits per heavy atom. The first-order chi connectivity index (χ1) is 8.18. The summed E-state index contributed by atoms with van der Waals surface area (Å²) in [7, 11) is 0. The lowest BCUT2D eigenvalue weighted by atomic mass is 9.90. The summed E-state index contributed by atoms with van der Waals surface area (Å²) in [5.41, 5.74) is 0.253. The van der Waals surface area contributed by atoms with Crippen molar-refractivity contribution < 1.29 is 13.9 Å². The van der Waals surface area contributed by atoms with Crippen molar-refractivity contribution in [1.82, 2.24) is 5.32 Å². The standard InChI is InChI=1S/C13H17F2NO/c14-11-5-1-3-9(13(11)15)7-12(17)10-4-2-6-16-8-10/h1,3,5,10,12,16-17H,2,4,6-8H2. The van der Waals surface area contributed by atoms with Gasteiger partial charge in [-0.05, 0) is 36.9 Å². The molecule has 1 aliphatic rings. The minimum Gasteiger partial charge on any atom is -0.392 e. The third-order valence-corrected chi connectivity index (χ3v) is 3.34. The third kappa shape index (κ3) is 3.01. The molecule has 2 unspecified atom stereocenters. The zero-order chi connectivity index (χ0) is 12.3. The largest absolute Gasteiger partial charge is 0.392 e. The van der Waals surface area contributed by atoms with E-state index >= 15 is 0 Å². The van der Waals surface area contributed by atoms with Crippen molar-refractivity contribution >= 4 is 0 Å². The number of nitrogens with one attached hydrogen (secondary N) is 1. The highest BCUT2D eigenvalue weighted by Gasteiger charge is 2.23. The molecule has 1 fully saturated rings. The van der Waals surface area contributed by atoms with Crippen LogP contribution < -0.4 is 5.32 Å². The molecule has 0 aromatic heterocycles. The van der Waals surface area contributed by atoms with E-state index in [1.54, 1.807) is 0 Å². The molecular formula is C13H17F2NO. The van der Waals surface area contributed by atoms with Crippen LogP contribution in [0.15, 0.2) is 18.2 Å². The molecule has 1 aromatic carbocycles. The first kappa shape index (κ1) is 12.5. The molecule has 0 spiro atoms. The molecule has 2 N–H and O–H groups in total. The number of piperidine rings is 1. The number of hydrogen-bond acceptors (Lipinski definition) is 2. The molecule has 0 aliphatic carbocycles. The molecule has 0 bridgehead atoms. The van der Waals surface area contributed by atoms with Crippen LogP contribution in [-0.4, -0.2) is 24.3 Å². The van der Waals surface area contributed by atoms with E-state index in [0.29, 0.717) is 0 Å². The molecule has 1 heterocycles. The highest BCUT2D eigenvalue weighted by Crippen LogP contribution is 2.20. The van der Waals surface area contributed by atoms with Gasteiger partial charge in [-0.25, -0.2) is 8.78 Å². The molecule has 0 radical (unpaired) electrons. The molecule has 1 aliphatic heterocycles. The van der Waals surface area contributed by atoms with Crippen molar-refractivity contribution in [3.63, 3.8) is 0 Å². The minimum absolute atomic E-state index is 0.131. The molecule has 0 saturated carbocycles. The Morgan fingerprint density at radius 3 is 2.94 bits per heavy atom. The number of rotatable bonds is 3. The van der Waals surface area contributed by atoms with E-state index in [0.717, 1.165) is 32.0 Å². The van der Waals surface area contributed by atoms with Gasteiger partial charge in [0.25, 0.3) is 0 Å². The smallest absolute Gasteiger partial charge is 0.162 e. The highest BCUT2D eigenvalue weighted by molar-refractivity contribution is 5.19. The zero-order valence-corrected chi connectivity index (χ0v) is 9.63. The summed E-state index contributed by atoms with van der Waals surface area (Å²) < 4.78 is 26.4. The van der Waals surface area contributed by atoms with Crippen molar-refractivity contribution in [3.05, 3.63) is 35.4 Å². The van der Waals surface area contributed by atoms with Gasteiger partial charge in [0.05, 0.1) is 6.10 Å². The Labute approximate surface area is 99.7 Å². The maximum atomic E-state index is 13.4. The summed E-state index contributed by atoms with van der Waals surface area (Å²) in [6.07, 6.45) is 1.52. The van der Waals surface area contributed by atoms with Crippen LogP contribution in [0.4, 0.5) is 8.78 Å². The maximum Gasteiger partial charge on any atom is 0.162 e. The second kappa shape index (κ2) is 5.56. The van der Waals surface area contributed by atoms with E-state index < -0.39 is 17.7 Å². The van der Waals surface area contributed by atoms with Crippen LogP contribution in [0.5, 0.6) is 0 Å². The van der Waals surface area contributed by atoms with Gasteiger partial charge in [-0.15, -0.1) is 0 Å². The second-order valence-corrected chi connectivity index (χ2v) is 4.59. The van der Waals surface area contributed by atoms with Gasteiger partial charge in [0, 0.05) is 13.0 Å². The summed E-state index contributed by atoms with van der Waals surface area (Å²) in [5, 5.41) is 13.2. The van der Waals surface area contributed by atoms with Crippen LogP contribution in [0.3, 0.4) is 0 Å². The number of aliphatic hydroxyl groups excluding tert-OH is 1. The third-order valence-electron chi connectivity index (χ3n) is 3.34. The SMILES string of the molecule is OC(Cc1cccc(F)c1F)C1CCCNC1. The van der Waals surface area contributed by atoms with Gasteiger partial charge in [-0.2, -0.15) is 0 Å². The van der Waals surface area contributed by atoms with Gasteiger partial charge in [-0.3, -0.25) is 0 Å². The van der Waals surface area contributed by atoms with E-state index in [9.17, 15) is 13.9 Å². The van der Waals surface area contributed by atoms with Gasteiger partial charge >= 0.3 is 0 Å². The summed E-state index contributed by atoms with van der Waals surface area (Å²) in [5.74, 6) is -1.56. The Morgan fingerprint density at radius 2 is 2.24 bits per heavy atom. The summed E-state index contributed by atoms with van der Waals surface area (Å²) in [6, 6.07) is 4.09. The van der Waals surface area contributed by atoms with Crippen molar-refractivity contribution in [1.29, 1.82) is 0 Å². The molecule has 4 heteroatoms. The molecule has 1 aromatic rings. The highest BCUT2D eigenvalue weighted by atomic mass is 19.2. The number of aliphatic hydroxyl groups is 1. The second-order valence-electron chi connectivity index (χ2n) is 4.59. The quantitative estimate of drug-likeness (QED) is 0.846. The van der Waals surface area contributed by atoms with Crippen molar-refractivity contribution in [2.75, 3.05) is 13.1 Å². The van der Waals surface area contributed by atoms with Crippen LogP contribution in [-0.2, 0) is 6.42 Å². The lowest BCUT2D eigenvalue weighted by Gasteiger charge is -2.27. The van der Waals surface area contributed by atoms with Gasteiger partial charge in [0.15, 0.2) is 11.6 Å². The average Bonchev–Trinajstić information content (AvgIpc) is 2.36. The first-order valence-corrected chi connectivity index (χ1v) is 6.00. The number of benzene rings is 1. The Kier molecular flexibility index (Phi) is 4.07. The monoisotopic (exact) mass is 241 g/mol. The van der Waals surface area contributed by atoms with E-state index in [-0.39, 0.29) is 17.9 Å². The van der Waals surface area contributed by atoms with Gasteiger partial charge < -0.3 is 10.4 Å². The van der Waals surface area contributed by atoms with E-state index in [1.807, 2.05) is 0 Å². The molecule has 2 atom stereocenters. The van der Waals surface area contributed by atoms with Gasteiger partial charge in [0.1, 0.15) is 0 Å². The van der Waals surface area contributed by atoms with Crippen molar-refractivity contribution in [2.24, 2.45) is 5.92 Å². The van der Waals surface area contributed by atoms with Crippen LogP contribution in [0.25, 0.3) is 0 Å². The Hall–Kier alpha value is -1.00. The summed E-state index contributed by atoms with van der Waals surface area (Å²) in [4.78, 5) is 0.